The number of rotatable bonds is 7. The lowest BCUT2D eigenvalue weighted by Crippen LogP contribution is -2.18. The molecule has 0 aliphatic carbocycles. The summed E-state index contributed by atoms with van der Waals surface area (Å²) in [6.07, 6.45) is -4.76. The lowest BCUT2D eigenvalue weighted by molar-refractivity contribution is -0.388. The van der Waals surface area contributed by atoms with E-state index in [1.807, 2.05) is 0 Å². The molecule has 166 valence electrons. The van der Waals surface area contributed by atoms with Crippen LogP contribution in [-0.4, -0.2) is 23.3 Å². The molecule has 0 bridgehead atoms. The maximum atomic E-state index is 12.9. The van der Waals surface area contributed by atoms with Gasteiger partial charge in [0.05, 0.1) is 20.9 Å². The van der Waals surface area contributed by atoms with E-state index in [-0.39, 0.29) is 26.6 Å². The number of allylic oxidation sites excluding steroid dienone is 1. The van der Waals surface area contributed by atoms with E-state index in [1.54, 1.807) is 6.07 Å². The van der Waals surface area contributed by atoms with Crippen molar-refractivity contribution in [3.8, 4) is 6.07 Å². The van der Waals surface area contributed by atoms with Crippen molar-refractivity contribution in [1.82, 2.24) is 0 Å². The predicted molar refractivity (Wildman–Crippen MR) is 106 cm³/mol. The summed E-state index contributed by atoms with van der Waals surface area (Å²) in [5, 5.41) is 20.2. The van der Waals surface area contributed by atoms with Crippen LogP contribution in [0.3, 0.4) is 0 Å². The van der Waals surface area contributed by atoms with Crippen molar-refractivity contribution in [1.29, 1.82) is 5.26 Å². The molecule has 0 aromatic heterocycles. The number of hydrogen-bond donors (Lipinski definition) is 1. The van der Waals surface area contributed by atoms with Gasteiger partial charge >= 0.3 is 12.1 Å². The van der Waals surface area contributed by atoms with Crippen LogP contribution in [0.4, 0.5) is 18.9 Å². The molecule has 2 aromatic rings. The number of nitro benzene ring substituents is 1. The number of halogens is 3. The van der Waals surface area contributed by atoms with E-state index < -0.39 is 40.7 Å². The summed E-state index contributed by atoms with van der Waals surface area (Å²) < 4.78 is 43.6. The first kappa shape index (κ1) is 24.4. The number of nitrogens with zero attached hydrogens (tertiary/aromatic N) is 2. The summed E-state index contributed by atoms with van der Waals surface area (Å²) in [5.74, 6) is -1.78. The molecule has 0 fully saturated rings. The molecule has 2 N–H and O–H groups in total. The quantitative estimate of drug-likeness (QED) is 0.211. The lowest BCUT2D eigenvalue weighted by Gasteiger charge is -2.11. The molecule has 0 unspecified atom stereocenters. The average Bonchev–Trinajstić information content (AvgIpc) is 2.72. The molecule has 0 atom stereocenters. The minimum Gasteiger partial charge on any atom is -0.454 e. The summed E-state index contributed by atoms with van der Waals surface area (Å²) in [5.41, 5.74) is 2.97. The molecular weight excluding hydrogens is 451 g/mol. The smallest absolute Gasteiger partial charge is 0.416 e. The van der Waals surface area contributed by atoms with E-state index >= 15 is 0 Å². The van der Waals surface area contributed by atoms with Crippen LogP contribution in [0.5, 0.6) is 0 Å². The minimum absolute atomic E-state index is 0.0425. The highest BCUT2D eigenvalue weighted by Crippen LogP contribution is 2.40. The minimum atomic E-state index is -4.76. The highest BCUT2D eigenvalue weighted by Gasteiger charge is 2.33. The maximum Gasteiger partial charge on any atom is 0.416 e. The molecule has 0 saturated carbocycles. The van der Waals surface area contributed by atoms with Gasteiger partial charge in [-0.1, -0.05) is 23.9 Å². The number of ketones is 1. The molecule has 0 radical (unpaired) electrons. The Kier molecular flexibility index (Phi) is 7.61. The molecule has 0 aliphatic heterocycles. The van der Waals surface area contributed by atoms with Crippen LogP contribution >= 0.6 is 11.8 Å². The number of ether oxygens (including phenoxy) is 1. The molecule has 12 heteroatoms. The molecular formula is C20H14F3N3O5S. The number of carbonyl (C=O) groups is 2. The molecule has 32 heavy (non-hydrogen) atoms. The third-order valence-corrected chi connectivity index (χ3v) is 5.07. The van der Waals surface area contributed by atoms with Crippen LogP contribution in [0.2, 0.25) is 0 Å². The van der Waals surface area contributed by atoms with E-state index in [2.05, 4.69) is 0 Å². The van der Waals surface area contributed by atoms with Gasteiger partial charge in [-0.3, -0.25) is 14.9 Å². The number of hydrogen-bond acceptors (Lipinski definition) is 8. The second kappa shape index (κ2) is 9.97. The number of alkyl halides is 3. The van der Waals surface area contributed by atoms with Crippen LogP contribution in [-0.2, 0) is 15.7 Å². The van der Waals surface area contributed by atoms with E-state index in [1.165, 1.54) is 31.2 Å². The molecule has 2 rings (SSSR count). The number of carbonyl (C=O) groups excluding carboxylic acids is 2. The van der Waals surface area contributed by atoms with E-state index in [9.17, 15) is 32.9 Å². The van der Waals surface area contributed by atoms with Gasteiger partial charge in [0.15, 0.2) is 6.61 Å². The predicted octanol–water partition coefficient (Wildman–Crippen LogP) is 4.25. The Morgan fingerprint density at radius 3 is 2.44 bits per heavy atom. The van der Waals surface area contributed by atoms with Crippen LogP contribution in [0, 0.1) is 21.4 Å². The van der Waals surface area contributed by atoms with Gasteiger partial charge in [-0.2, -0.15) is 18.4 Å². The largest absolute Gasteiger partial charge is 0.454 e. The van der Waals surface area contributed by atoms with Gasteiger partial charge < -0.3 is 10.5 Å². The maximum absolute atomic E-state index is 12.9. The third-order valence-electron chi connectivity index (χ3n) is 3.93. The summed E-state index contributed by atoms with van der Waals surface area (Å²) >= 11 is 0.690. The van der Waals surface area contributed by atoms with Crippen LogP contribution in [0.1, 0.15) is 22.8 Å². The van der Waals surface area contributed by atoms with Gasteiger partial charge in [0.1, 0.15) is 11.6 Å². The Hall–Kier alpha value is -3.85. The second-order valence-corrected chi connectivity index (χ2v) is 7.29. The van der Waals surface area contributed by atoms with Crippen molar-refractivity contribution >= 4 is 29.2 Å². The Bertz CT molecular complexity index is 1150. The van der Waals surface area contributed by atoms with Crippen LogP contribution < -0.4 is 5.73 Å². The molecule has 0 saturated heterocycles. The zero-order valence-electron chi connectivity index (χ0n) is 16.3. The molecule has 0 spiro atoms. The highest BCUT2D eigenvalue weighted by molar-refractivity contribution is 7.99. The van der Waals surface area contributed by atoms with Crippen molar-refractivity contribution in [3.63, 3.8) is 0 Å². The Labute approximate surface area is 183 Å². The zero-order chi connectivity index (χ0) is 24.1. The van der Waals surface area contributed by atoms with Gasteiger partial charge in [-0.15, -0.1) is 0 Å². The van der Waals surface area contributed by atoms with Gasteiger partial charge in [-0.25, -0.2) is 4.79 Å². The topological polar surface area (TPSA) is 136 Å². The third kappa shape index (κ3) is 5.86. The van der Waals surface area contributed by atoms with E-state index in [0.717, 1.165) is 6.07 Å². The average molecular weight is 465 g/mol. The van der Waals surface area contributed by atoms with Gasteiger partial charge in [-0.05, 0) is 31.2 Å². The van der Waals surface area contributed by atoms with E-state index in [4.69, 9.17) is 15.7 Å². The number of benzene rings is 2. The fraction of sp³-hybridized carbons (Fsp3) is 0.150. The summed E-state index contributed by atoms with van der Waals surface area (Å²) in [6.45, 7) is 0.566. The normalized spacial score (nSPS) is 11.8. The lowest BCUT2D eigenvalue weighted by atomic mass is 10.1. The van der Waals surface area contributed by atoms with Crippen LogP contribution in [0.15, 0.2) is 63.5 Å². The van der Waals surface area contributed by atoms with E-state index in [0.29, 0.717) is 23.9 Å². The van der Waals surface area contributed by atoms with Crippen molar-refractivity contribution in [2.75, 3.05) is 6.61 Å². The Balaban J connectivity index is 2.31. The first-order chi connectivity index (χ1) is 15.0. The highest BCUT2D eigenvalue weighted by atomic mass is 32.2. The van der Waals surface area contributed by atoms with Crippen molar-refractivity contribution in [2.45, 2.75) is 22.9 Å². The second-order valence-electron chi connectivity index (χ2n) is 6.20. The van der Waals surface area contributed by atoms with Crippen molar-refractivity contribution in [3.05, 3.63) is 75.0 Å². The SMILES string of the molecule is C/C(N)=C(\C#N)C(=O)COC(=O)c1ccccc1Sc1ccc(C(F)(F)F)cc1[N+](=O)[O-]. The molecule has 8 nitrogen and oxygen atoms in total. The molecule has 0 heterocycles. The fourth-order valence-corrected chi connectivity index (χ4v) is 3.44. The zero-order valence-corrected chi connectivity index (χ0v) is 17.1. The van der Waals surface area contributed by atoms with Crippen molar-refractivity contribution < 1.29 is 32.4 Å². The van der Waals surface area contributed by atoms with Gasteiger partial charge in [0.2, 0.25) is 5.78 Å². The number of Topliss-reactive ketones (excluding diaryl/α,β-unsaturated/α-hetero) is 1. The first-order valence-electron chi connectivity index (χ1n) is 8.65. The summed E-state index contributed by atoms with van der Waals surface area (Å²) in [6, 6.07) is 9.35. The van der Waals surface area contributed by atoms with Gasteiger partial charge in [0, 0.05) is 16.7 Å². The number of nitriles is 1. The van der Waals surface area contributed by atoms with Crippen LogP contribution in [0.25, 0.3) is 0 Å². The van der Waals surface area contributed by atoms with Gasteiger partial charge in [0.25, 0.3) is 5.69 Å². The first-order valence-corrected chi connectivity index (χ1v) is 9.46. The number of nitro groups is 1. The molecule has 0 aliphatic rings. The van der Waals surface area contributed by atoms with Crippen molar-refractivity contribution in [2.24, 2.45) is 5.73 Å². The number of nitrogens with two attached hydrogens (primary N) is 1. The number of esters is 1. The standard InChI is InChI=1S/C20H14F3N3O5S/c1-11(25)14(9-24)16(27)10-31-19(28)13-4-2-3-5-17(13)32-18-7-6-12(20(21,22)23)8-15(18)26(29)30/h2-8H,10,25H2,1H3/b14-11-. The monoisotopic (exact) mass is 465 g/mol. The Morgan fingerprint density at radius 1 is 1.22 bits per heavy atom. The summed E-state index contributed by atoms with van der Waals surface area (Å²) in [7, 11) is 0. The Morgan fingerprint density at radius 2 is 1.88 bits per heavy atom. The fourth-order valence-electron chi connectivity index (χ4n) is 2.42. The molecule has 2 aromatic carbocycles. The summed E-state index contributed by atoms with van der Waals surface area (Å²) in [4.78, 5) is 34.7. The molecule has 0 amide bonds.